The molecule has 1 nitrogen and oxygen atoms in total. The molecule has 0 aromatic carbocycles. The second kappa shape index (κ2) is 6.78. The molecule has 0 amide bonds. The van der Waals surface area contributed by atoms with E-state index >= 15 is 0 Å². The number of rotatable bonds is 5. The summed E-state index contributed by atoms with van der Waals surface area (Å²) in [4.78, 5) is 2.71. The van der Waals surface area contributed by atoms with Gasteiger partial charge in [0.2, 0.25) is 0 Å². The predicted molar refractivity (Wildman–Crippen MR) is 77.2 cm³/mol. The van der Waals surface area contributed by atoms with E-state index in [-0.39, 0.29) is 0 Å². The van der Waals surface area contributed by atoms with Crippen molar-refractivity contribution in [1.82, 2.24) is 4.90 Å². The van der Waals surface area contributed by atoms with Crippen molar-refractivity contribution < 1.29 is 0 Å². The van der Waals surface area contributed by atoms with Gasteiger partial charge in [0.1, 0.15) is 0 Å². The van der Waals surface area contributed by atoms with Crippen molar-refractivity contribution in [2.24, 2.45) is 23.7 Å². The summed E-state index contributed by atoms with van der Waals surface area (Å²) in [5.41, 5.74) is 0. The largest absolute Gasteiger partial charge is 0.300 e. The van der Waals surface area contributed by atoms with Crippen LogP contribution in [0.1, 0.15) is 60.8 Å². The molecule has 2 atom stereocenters. The first-order valence-corrected chi connectivity index (χ1v) is 7.62. The van der Waals surface area contributed by atoms with Crippen LogP contribution < -0.4 is 0 Å². The quantitative estimate of drug-likeness (QED) is 0.686. The molecule has 0 aromatic heterocycles. The van der Waals surface area contributed by atoms with Crippen molar-refractivity contribution in [3.05, 3.63) is 0 Å². The fourth-order valence-electron chi connectivity index (χ4n) is 3.45. The maximum Gasteiger partial charge on any atom is 0.00388 e. The van der Waals surface area contributed by atoms with Crippen LogP contribution in [0.25, 0.3) is 0 Å². The molecule has 1 rings (SSSR count). The molecule has 0 bridgehead atoms. The van der Waals surface area contributed by atoms with Crippen LogP contribution in [0.15, 0.2) is 0 Å². The smallest absolute Gasteiger partial charge is 0.00388 e. The van der Waals surface area contributed by atoms with E-state index in [1.54, 1.807) is 0 Å². The van der Waals surface area contributed by atoms with Crippen LogP contribution in [0.5, 0.6) is 0 Å². The van der Waals surface area contributed by atoms with Gasteiger partial charge in [-0.2, -0.15) is 0 Å². The Hall–Kier alpha value is -0.0400. The molecule has 0 aliphatic carbocycles. The zero-order valence-electron chi connectivity index (χ0n) is 12.9. The van der Waals surface area contributed by atoms with Crippen LogP contribution in [0.4, 0.5) is 0 Å². The van der Waals surface area contributed by atoms with Crippen molar-refractivity contribution in [2.75, 3.05) is 13.1 Å². The lowest BCUT2D eigenvalue weighted by atomic mass is 9.80. The molecule has 1 heterocycles. The summed E-state index contributed by atoms with van der Waals surface area (Å²) in [7, 11) is 0. The van der Waals surface area contributed by atoms with Crippen LogP contribution in [-0.2, 0) is 0 Å². The summed E-state index contributed by atoms with van der Waals surface area (Å²) in [6.07, 6.45) is 4.30. The minimum Gasteiger partial charge on any atom is -0.300 e. The molecule has 1 fully saturated rings. The molecule has 102 valence electrons. The minimum atomic E-state index is 0.722. The van der Waals surface area contributed by atoms with Gasteiger partial charge in [0.05, 0.1) is 0 Å². The van der Waals surface area contributed by atoms with Gasteiger partial charge in [0.15, 0.2) is 0 Å². The molecule has 0 spiro atoms. The van der Waals surface area contributed by atoms with Crippen molar-refractivity contribution in [3.63, 3.8) is 0 Å². The topological polar surface area (TPSA) is 3.24 Å². The first-order valence-electron chi connectivity index (χ1n) is 7.62. The summed E-state index contributed by atoms with van der Waals surface area (Å²) in [6, 6.07) is 0.722. The van der Waals surface area contributed by atoms with Crippen molar-refractivity contribution >= 4 is 0 Å². The lowest BCUT2D eigenvalue weighted by Crippen LogP contribution is -2.44. The lowest BCUT2D eigenvalue weighted by molar-refractivity contribution is 0.0777. The summed E-state index contributed by atoms with van der Waals surface area (Å²) in [5, 5.41) is 0. The molecule has 1 heteroatoms. The monoisotopic (exact) mass is 239 g/mol. The highest BCUT2D eigenvalue weighted by Crippen LogP contribution is 2.31. The third kappa shape index (κ3) is 5.42. The maximum atomic E-state index is 2.71. The van der Waals surface area contributed by atoms with E-state index in [9.17, 15) is 0 Å². The van der Waals surface area contributed by atoms with Crippen LogP contribution in [0, 0.1) is 23.7 Å². The van der Waals surface area contributed by atoms with E-state index in [4.69, 9.17) is 0 Å². The van der Waals surface area contributed by atoms with Gasteiger partial charge in [-0.25, -0.2) is 0 Å². The van der Waals surface area contributed by atoms with E-state index < -0.39 is 0 Å². The molecule has 0 N–H and O–H groups in total. The first-order chi connectivity index (χ1) is 7.88. The van der Waals surface area contributed by atoms with Crippen LogP contribution in [-0.4, -0.2) is 24.0 Å². The summed E-state index contributed by atoms with van der Waals surface area (Å²) in [5.74, 6) is 3.59. The Morgan fingerprint density at radius 2 is 1.24 bits per heavy atom. The summed E-state index contributed by atoms with van der Waals surface area (Å²) in [6.45, 7) is 16.8. The number of likely N-dealkylation sites (tertiary alicyclic amines) is 1. The molecule has 1 saturated heterocycles. The van der Waals surface area contributed by atoms with Gasteiger partial charge in [-0.3, -0.25) is 0 Å². The number of hydrogen-bond acceptors (Lipinski definition) is 1. The second-order valence-corrected chi connectivity index (χ2v) is 7.27. The Morgan fingerprint density at radius 3 is 1.53 bits per heavy atom. The standard InChI is InChI=1S/C16H33N/c1-12(2)7-15-9-16(8-13(3)4)11-17(10-15)14(5)6/h12-16H,7-11H2,1-6H3. The number of nitrogens with zero attached hydrogens (tertiary/aromatic N) is 1. The van der Waals surface area contributed by atoms with Gasteiger partial charge in [0, 0.05) is 19.1 Å². The van der Waals surface area contributed by atoms with E-state index in [1.807, 2.05) is 0 Å². The highest BCUT2D eigenvalue weighted by molar-refractivity contribution is 4.82. The first kappa shape index (κ1) is 15.0. The Balaban J connectivity index is 2.55. The third-order valence-electron chi connectivity index (χ3n) is 3.99. The van der Waals surface area contributed by atoms with Crippen molar-refractivity contribution in [3.8, 4) is 0 Å². The zero-order chi connectivity index (χ0) is 13.0. The van der Waals surface area contributed by atoms with Crippen LogP contribution >= 0.6 is 0 Å². The van der Waals surface area contributed by atoms with Crippen LogP contribution in [0.2, 0.25) is 0 Å². The fraction of sp³-hybridized carbons (Fsp3) is 1.00. The molecule has 0 radical (unpaired) electrons. The third-order valence-corrected chi connectivity index (χ3v) is 3.99. The van der Waals surface area contributed by atoms with Crippen molar-refractivity contribution in [2.45, 2.75) is 66.8 Å². The SMILES string of the molecule is CC(C)CC1CC(CC(C)C)CN(C(C)C)C1. The van der Waals surface area contributed by atoms with Gasteiger partial charge in [-0.05, 0) is 56.8 Å². The molecule has 17 heavy (non-hydrogen) atoms. The zero-order valence-corrected chi connectivity index (χ0v) is 12.9. The Morgan fingerprint density at radius 1 is 0.824 bits per heavy atom. The predicted octanol–water partition coefficient (Wildman–Crippen LogP) is 4.43. The molecular formula is C16H33N. The van der Waals surface area contributed by atoms with E-state index in [0.717, 1.165) is 29.7 Å². The molecule has 1 aliphatic heterocycles. The van der Waals surface area contributed by atoms with E-state index in [0.29, 0.717) is 0 Å². The molecular weight excluding hydrogens is 206 g/mol. The molecule has 0 saturated carbocycles. The normalized spacial score (nSPS) is 27.4. The molecule has 1 aliphatic rings. The van der Waals surface area contributed by atoms with E-state index in [1.165, 1.54) is 32.4 Å². The molecule has 2 unspecified atom stereocenters. The van der Waals surface area contributed by atoms with Gasteiger partial charge in [-0.15, -0.1) is 0 Å². The Labute approximate surface area is 109 Å². The van der Waals surface area contributed by atoms with Crippen LogP contribution in [0.3, 0.4) is 0 Å². The lowest BCUT2D eigenvalue weighted by Gasteiger charge is -2.41. The van der Waals surface area contributed by atoms with Gasteiger partial charge in [-0.1, -0.05) is 27.7 Å². The maximum absolute atomic E-state index is 2.71. The van der Waals surface area contributed by atoms with E-state index in [2.05, 4.69) is 46.4 Å². The average molecular weight is 239 g/mol. The average Bonchev–Trinajstić information content (AvgIpc) is 2.14. The Bertz CT molecular complexity index is 190. The fourth-order valence-corrected chi connectivity index (χ4v) is 3.45. The Kier molecular flexibility index (Phi) is 5.99. The number of hydrogen-bond donors (Lipinski definition) is 0. The highest BCUT2D eigenvalue weighted by Gasteiger charge is 2.28. The summed E-state index contributed by atoms with van der Waals surface area (Å²) >= 11 is 0. The number of piperidine rings is 1. The summed E-state index contributed by atoms with van der Waals surface area (Å²) < 4.78 is 0. The van der Waals surface area contributed by atoms with Crippen molar-refractivity contribution in [1.29, 1.82) is 0 Å². The molecule has 0 aromatic rings. The highest BCUT2D eigenvalue weighted by atomic mass is 15.2. The minimum absolute atomic E-state index is 0.722. The second-order valence-electron chi connectivity index (χ2n) is 7.27. The van der Waals surface area contributed by atoms with Gasteiger partial charge in [0.25, 0.3) is 0 Å². The van der Waals surface area contributed by atoms with Gasteiger partial charge < -0.3 is 4.90 Å². The van der Waals surface area contributed by atoms with Gasteiger partial charge >= 0.3 is 0 Å².